The normalized spacial score (nSPS) is 15.9. The minimum Gasteiger partial charge on any atom is -0.403 e. The monoisotopic (exact) mass is 377 g/mol. The molecule has 0 saturated carbocycles. The number of benzene rings is 2. The number of hydrogen-bond acceptors (Lipinski definition) is 3. The second-order valence-electron chi connectivity index (χ2n) is 4.90. The molecule has 0 radical (unpaired) electrons. The molecule has 24 heavy (non-hydrogen) atoms. The van der Waals surface area contributed by atoms with Crippen molar-refractivity contribution in [2.24, 2.45) is 4.99 Å². The minimum atomic E-state index is -0.540. The topological polar surface area (TPSA) is 38.7 Å². The van der Waals surface area contributed by atoms with Gasteiger partial charge in [0, 0.05) is 11.1 Å². The van der Waals surface area contributed by atoms with Gasteiger partial charge in [0.2, 0.25) is 5.90 Å². The molecule has 2 aromatic rings. The molecule has 0 amide bonds. The van der Waals surface area contributed by atoms with Crippen LogP contribution < -0.4 is 0 Å². The van der Waals surface area contributed by atoms with Crippen molar-refractivity contribution in [3.8, 4) is 0 Å². The van der Waals surface area contributed by atoms with Crippen LogP contribution in [0.1, 0.15) is 11.1 Å². The average Bonchev–Trinajstić information content (AvgIpc) is 2.91. The molecule has 0 aliphatic carbocycles. The van der Waals surface area contributed by atoms with Gasteiger partial charge in [-0.05, 0) is 41.5 Å². The van der Waals surface area contributed by atoms with Gasteiger partial charge in [-0.1, -0.05) is 59.1 Å². The van der Waals surface area contributed by atoms with Gasteiger partial charge in [-0.3, -0.25) is 0 Å². The van der Waals surface area contributed by atoms with Gasteiger partial charge in [-0.25, -0.2) is 9.79 Å². The Morgan fingerprint density at radius 1 is 0.958 bits per heavy atom. The van der Waals surface area contributed by atoms with Gasteiger partial charge in [-0.2, -0.15) is 0 Å². The molecule has 1 heterocycles. The lowest BCUT2D eigenvalue weighted by Gasteiger charge is -1.99. The first-order valence-corrected chi connectivity index (χ1v) is 8.06. The summed E-state index contributed by atoms with van der Waals surface area (Å²) in [6.45, 7) is 0. The van der Waals surface area contributed by atoms with E-state index in [1.165, 1.54) is 0 Å². The lowest BCUT2D eigenvalue weighted by Crippen LogP contribution is -2.01. The maximum atomic E-state index is 11.9. The molecule has 0 fully saturated rings. The molecular weight excluding hydrogens is 369 g/mol. The highest BCUT2D eigenvalue weighted by Crippen LogP contribution is 2.28. The van der Waals surface area contributed by atoms with Gasteiger partial charge in [0.1, 0.15) is 0 Å². The van der Waals surface area contributed by atoms with Crippen molar-refractivity contribution in [1.82, 2.24) is 0 Å². The molecule has 0 saturated heterocycles. The van der Waals surface area contributed by atoms with Crippen molar-refractivity contribution in [2.75, 3.05) is 0 Å². The zero-order valence-electron chi connectivity index (χ0n) is 12.2. The lowest BCUT2D eigenvalue weighted by molar-refractivity contribution is -0.129. The van der Waals surface area contributed by atoms with Crippen molar-refractivity contribution < 1.29 is 9.53 Å². The Hall–Kier alpha value is -2.07. The smallest absolute Gasteiger partial charge is 0.363 e. The highest BCUT2D eigenvalue weighted by molar-refractivity contribution is 6.43. The number of ether oxygens (including phenoxy) is 1. The van der Waals surface area contributed by atoms with Gasteiger partial charge in [0.25, 0.3) is 0 Å². The van der Waals surface area contributed by atoms with Crippen LogP contribution in [0.25, 0.3) is 12.2 Å². The fraction of sp³-hybridized carbons (Fsp3) is 0. The number of hydrogen-bond donors (Lipinski definition) is 0. The van der Waals surface area contributed by atoms with E-state index in [1.807, 2.05) is 12.1 Å². The van der Waals surface area contributed by atoms with Crippen LogP contribution in [0, 0.1) is 0 Å². The Balaban J connectivity index is 1.83. The summed E-state index contributed by atoms with van der Waals surface area (Å²) < 4.78 is 5.12. The van der Waals surface area contributed by atoms with Gasteiger partial charge in [0.15, 0.2) is 5.70 Å². The van der Waals surface area contributed by atoms with Gasteiger partial charge in [-0.15, -0.1) is 0 Å². The third kappa shape index (κ3) is 3.88. The van der Waals surface area contributed by atoms with Crippen LogP contribution in [0.15, 0.2) is 59.2 Å². The van der Waals surface area contributed by atoms with Crippen LogP contribution >= 0.6 is 34.8 Å². The highest BCUT2D eigenvalue weighted by atomic mass is 35.5. The largest absolute Gasteiger partial charge is 0.403 e. The van der Waals surface area contributed by atoms with E-state index in [9.17, 15) is 4.79 Å². The quantitative estimate of drug-likeness (QED) is 0.511. The zero-order valence-corrected chi connectivity index (χ0v) is 14.4. The summed E-state index contributed by atoms with van der Waals surface area (Å²) in [6.07, 6.45) is 4.93. The Kier molecular flexibility index (Phi) is 5.05. The standard InChI is InChI=1S/C18H10Cl3NO2/c19-13-7-4-11(5-8-13)6-9-16-22-15(18(23)24-16)10-12-2-1-3-14(20)17(12)21/h1-10H/b9-6+,15-10+. The molecule has 2 aromatic carbocycles. The van der Waals surface area contributed by atoms with Crippen molar-refractivity contribution in [3.05, 3.63) is 80.4 Å². The van der Waals surface area contributed by atoms with Crippen molar-refractivity contribution in [1.29, 1.82) is 0 Å². The molecule has 3 rings (SSSR count). The number of halogens is 3. The summed E-state index contributed by atoms with van der Waals surface area (Å²) in [5, 5.41) is 1.42. The molecule has 3 nitrogen and oxygen atoms in total. The first-order chi connectivity index (χ1) is 11.5. The summed E-state index contributed by atoms with van der Waals surface area (Å²) in [5.74, 6) is -0.332. The maximum absolute atomic E-state index is 11.9. The van der Waals surface area contributed by atoms with Crippen molar-refractivity contribution in [2.45, 2.75) is 0 Å². The summed E-state index contributed by atoms with van der Waals surface area (Å²) in [4.78, 5) is 16.1. The van der Waals surface area contributed by atoms with Crippen LogP contribution in [0.5, 0.6) is 0 Å². The first kappa shape index (κ1) is 16.8. The molecule has 0 atom stereocenters. The SMILES string of the molecule is O=C1OC(/C=C/c2ccc(Cl)cc2)=NC/1=C/c1cccc(Cl)c1Cl. The summed E-state index contributed by atoms with van der Waals surface area (Å²) in [6, 6.07) is 12.4. The molecule has 0 N–H and O–H groups in total. The second-order valence-corrected chi connectivity index (χ2v) is 6.12. The molecule has 0 unspecified atom stereocenters. The molecular formula is C18H10Cl3NO2. The van der Waals surface area contributed by atoms with Crippen LogP contribution in [-0.2, 0) is 9.53 Å². The van der Waals surface area contributed by atoms with E-state index in [1.54, 1.807) is 48.6 Å². The fourth-order valence-corrected chi connectivity index (χ4v) is 2.51. The Labute approximate surface area is 153 Å². The van der Waals surface area contributed by atoms with E-state index in [0.717, 1.165) is 5.56 Å². The predicted octanol–water partition coefficient (Wildman–Crippen LogP) is 5.66. The summed E-state index contributed by atoms with van der Waals surface area (Å²) >= 11 is 17.9. The third-order valence-electron chi connectivity index (χ3n) is 3.20. The van der Waals surface area contributed by atoms with Crippen LogP contribution in [0.4, 0.5) is 0 Å². The Morgan fingerprint density at radius 2 is 1.71 bits per heavy atom. The van der Waals surface area contributed by atoms with E-state index in [4.69, 9.17) is 39.5 Å². The fourth-order valence-electron chi connectivity index (χ4n) is 2.02. The number of rotatable bonds is 3. The number of cyclic esters (lactones) is 1. The van der Waals surface area contributed by atoms with Gasteiger partial charge in [0.05, 0.1) is 10.0 Å². The molecule has 1 aliphatic rings. The number of esters is 1. The van der Waals surface area contributed by atoms with Crippen molar-refractivity contribution in [3.63, 3.8) is 0 Å². The zero-order chi connectivity index (χ0) is 17.1. The average molecular weight is 379 g/mol. The van der Waals surface area contributed by atoms with E-state index in [-0.39, 0.29) is 11.6 Å². The molecule has 120 valence electrons. The number of carbonyl (C=O) groups excluding carboxylic acids is 1. The summed E-state index contributed by atoms with van der Waals surface area (Å²) in [5.41, 5.74) is 1.67. The molecule has 6 heteroatoms. The van der Waals surface area contributed by atoms with Crippen LogP contribution in [0.2, 0.25) is 15.1 Å². The molecule has 0 aromatic heterocycles. The number of nitrogens with zero attached hydrogens (tertiary/aromatic N) is 1. The van der Waals surface area contributed by atoms with E-state index in [2.05, 4.69) is 4.99 Å². The second kappa shape index (κ2) is 7.22. The molecule has 1 aliphatic heterocycles. The lowest BCUT2D eigenvalue weighted by atomic mass is 10.2. The van der Waals surface area contributed by atoms with E-state index >= 15 is 0 Å². The first-order valence-electron chi connectivity index (χ1n) is 6.93. The van der Waals surface area contributed by atoms with E-state index < -0.39 is 5.97 Å². The Bertz CT molecular complexity index is 884. The van der Waals surface area contributed by atoms with Crippen molar-refractivity contribution >= 4 is 58.8 Å². The van der Waals surface area contributed by atoms with Gasteiger partial charge < -0.3 is 4.74 Å². The van der Waals surface area contributed by atoms with Crippen LogP contribution in [0.3, 0.4) is 0 Å². The molecule has 0 bridgehead atoms. The number of carbonyl (C=O) groups is 1. The maximum Gasteiger partial charge on any atom is 0.363 e. The van der Waals surface area contributed by atoms with E-state index in [0.29, 0.717) is 20.6 Å². The molecule has 0 spiro atoms. The third-order valence-corrected chi connectivity index (χ3v) is 4.28. The summed E-state index contributed by atoms with van der Waals surface area (Å²) in [7, 11) is 0. The minimum absolute atomic E-state index is 0.162. The highest BCUT2D eigenvalue weighted by Gasteiger charge is 2.21. The number of aliphatic imine (C=N–C) groups is 1. The van der Waals surface area contributed by atoms with Gasteiger partial charge >= 0.3 is 5.97 Å². The Morgan fingerprint density at radius 3 is 2.46 bits per heavy atom. The predicted molar refractivity (Wildman–Crippen MR) is 98.5 cm³/mol. The van der Waals surface area contributed by atoms with Crippen LogP contribution in [-0.4, -0.2) is 11.9 Å².